The van der Waals surface area contributed by atoms with Crippen LogP contribution in [0, 0.1) is 11.2 Å². The zero-order valence-corrected chi connectivity index (χ0v) is 18.1. The number of Topliss-reactive ketones (excluding diaryl/α,β-unsaturated/α-hetero) is 1. The maximum atomic E-state index is 14.3. The van der Waals surface area contributed by atoms with Gasteiger partial charge in [0.05, 0.1) is 24.3 Å². The average Bonchev–Trinajstić information content (AvgIpc) is 3.12. The number of aromatic nitrogens is 3. The molecule has 0 bridgehead atoms. The van der Waals surface area contributed by atoms with E-state index in [1.165, 1.54) is 24.4 Å². The number of hydrogen-bond donors (Lipinski definition) is 1. The van der Waals surface area contributed by atoms with Gasteiger partial charge < -0.3 is 5.11 Å². The van der Waals surface area contributed by atoms with E-state index in [1.54, 1.807) is 30.8 Å². The number of benzene rings is 2. The maximum absolute atomic E-state index is 14.3. The summed E-state index contributed by atoms with van der Waals surface area (Å²) in [6.45, 7) is 4.33. The Morgan fingerprint density at radius 1 is 1.12 bits per heavy atom. The zero-order valence-electron chi connectivity index (χ0n) is 18.1. The van der Waals surface area contributed by atoms with Gasteiger partial charge in [-0.2, -0.15) is 5.10 Å². The highest BCUT2D eigenvalue weighted by atomic mass is 19.1. The molecule has 4 aromatic rings. The monoisotopic (exact) mass is 444 g/mol. The lowest BCUT2D eigenvalue weighted by Crippen LogP contribution is -2.54. The second-order valence-corrected chi connectivity index (χ2v) is 9.37. The van der Waals surface area contributed by atoms with Gasteiger partial charge in [0.1, 0.15) is 5.82 Å². The molecule has 0 aliphatic carbocycles. The smallest absolute Gasteiger partial charge is 0.224 e. The van der Waals surface area contributed by atoms with Crippen LogP contribution < -0.4 is 10.4 Å². The molecule has 33 heavy (non-hydrogen) atoms. The molecule has 7 nitrogen and oxygen atoms in total. The van der Waals surface area contributed by atoms with E-state index in [0.29, 0.717) is 13.1 Å². The van der Waals surface area contributed by atoms with Crippen LogP contribution >= 0.6 is 0 Å². The number of pyridine rings is 1. The van der Waals surface area contributed by atoms with E-state index in [2.05, 4.69) is 5.10 Å². The molecule has 1 unspecified atom stereocenters. The summed E-state index contributed by atoms with van der Waals surface area (Å²) in [4.78, 5) is 25.5. The molecule has 8 heteroatoms. The second-order valence-electron chi connectivity index (χ2n) is 9.37. The second kappa shape index (κ2) is 6.54. The fraction of sp³-hybridized carbons (Fsp3) is 0.240. The number of hydrogen-bond acceptors (Lipinski definition) is 5. The highest BCUT2D eigenvalue weighted by molar-refractivity contribution is 6.02. The van der Waals surface area contributed by atoms with Crippen molar-refractivity contribution in [2.75, 3.05) is 11.6 Å². The van der Waals surface area contributed by atoms with Crippen molar-refractivity contribution >= 4 is 16.7 Å². The Morgan fingerprint density at radius 3 is 2.76 bits per heavy atom. The predicted octanol–water partition coefficient (Wildman–Crippen LogP) is 3.35. The summed E-state index contributed by atoms with van der Waals surface area (Å²) in [7, 11) is 0. The molecule has 2 aromatic heterocycles. The van der Waals surface area contributed by atoms with Crippen LogP contribution in [-0.4, -0.2) is 31.9 Å². The standard InChI is InChI=1S/C25H21FN4O3/c1-25(2)13-30(29-9-8-19(31)23(32)22(29)24(25)33)21-17-7-6-16(26)10-15(17)12-28-20-14(11-27-28)4-3-5-18(20)21/h3-11,21,32H,12-13H2,1-2H3. The van der Waals surface area contributed by atoms with Crippen molar-refractivity contribution in [2.45, 2.75) is 26.4 Å². The van der Waals surface area contributed by atoms with Gasteiger partial charge in [-0.1, -0.05) is 38.1 Å². The Hall–Kier alpha value is -3.94. The first-order valence-electron chi connectivity index (χ1n) is 10.8. The Morgan fingerprint density at radius 2 is 1.94 bits per heavy atom. The Bertz CT molecular complexity index is 1530. The van der Waals surface area contributed by atoms with E-state index in [4.69, 9.17) is 0 Å². The molecular weight excluding hydrogens is 423 g/mol. The third-order valence-corrected chi connectivity index (χ3v) is 6.72. The van der Waals surface area contributed by atoms with E-state index < -0.39 is 22.6 Å². The summed E-state index contributed by atoms with van der Waals surface area (Å²) in [5, 5.41) is 18.1. The van der Waals surface area contributed by atoms with Crippen molar-refractivity contribution in [3.05, 3.63) is 93.3 Å². The summed E-state index contributed by atoms with van der Waals surface area (Å²) in [6, 6.07) is 11.5. The van der Waals surface area contributed by atoms with Crippen LogP contribution in [0.4, 0.5) is 4.39 Å². The Kier molecular flexibility index (Phi) is 3.91. The number of carbonyl (C=O) groups excluding carboxylic acids is 1. The molecular formula is C25H21FN4O3. The lowest BCUT2D eigenvalue weighted by Gasteiger charge is -2.45. The molecule has 2 aliphatic rings. The minimum atomic E-state index is -0.869. The van der Waals surface area contributed by atoms with Gasteiger partial charge in [-0.15, -0.1) is 0 Å². The first kappa shape index (κ1) is 19.7. The van der Waals surface area contributed by atoms with Crippen LogP contribution in [0.1, 0.15) is 47.1 Å². The fourth-order valence-electron chi connectivity index (χ4n) is 5.17. The van der Waals surface area contributed by atoms with Gasteiger partial charge in [0.15, 0.2) is 17.2 Å². The molecule has 0 spiro atoms. The normalized spacial score (nSPS) is 18.7. The third-order valence-electron chi connectivity index (χ3n) is 6.72. The molecule has 1 N–H and O–H groups in total. The van der Waals surface area contributed by atoms with Gasteiger partial charge in [0.25, 0.3) is 0 Å². The van der Waals surface area contributed by atoms with E-state index in [0.717, 1.165) is 27.6 Å². The van der Waals surface area contributed by atoms with Crippen LogP contribution in [0.15, 0.2) is 59.7 Å². The quantitative estimate of drug-likeness (QED) is 0.487. The van der Waals surface area contributed by atoms with Crippen LogP contribution in [0.25, 0.3) is 10.9 Å². The summed E-state index contributed by atoms with van der Waals surface area (Å²) >= 11 is 0. The minimum absolute atomic E-state index is 0.0349. The van der Waals surface area contributed by atoms with E-state index in [-0.39, 0.29) is 17.3 Å². The van der Waals surface area contributed by atoms with E-state index in [1.807, 2.05) is 27.9 Å². The molecule has 2 aliphatic heterocycles. The highest BCUT2D eigenvalue weighted by Gasteiger charge is 2.44. The number of halogens is 1. The molecule has 0 amide bonds. The number of ketones is 1. The van der Waals surface area contributed by atoms with Gasteiger partial charge in [-0.3, -0.25) is 24.0 Å². The predicted molar refractivity (Wildman–Crippen MR) is 121 cm³/mol. The lowest BCUT2D eigenvalue weighted by atomic mass is 9.82. The molecule has 0 saturated heterocycles. The molecule has 0 fully saturated rings. The fourth-order valence-corrected chi connectivity index (χ4v) is 5.17. The van der Waals surface area contributed by atoms with Gasteiger partial charge in [0, 0.05) is 35.2 Å². The first-order valence-corrected chi connectivity index (χ1v) is 10.8. The largest absolute Gasteiger partial charge is 0.503 e. The maximum Gasteiger partial charge on any atom is 0.224 e. The number of nitrogens with zero attached hydrogens (tertiary/aromatic N) is 4. The lowest BCUT2D eigenvalue weighted by molar-refractivity contribution is 0.0787. The van der Waals surface area contributed by atoms with Crippen LogP contribution in [0.5, 0.6) is 5.75 Å². The summed E-state index contributed by atoms with van der Waals surface area (Å²) in [6.07, 6.45) is 3.32. The topological polar surface area (TPSA) is 80.4 Å². The summed E-state index contributed by atoms with van der Waals surface area (Å²) in [5.41, 5.74) is 2.03. The summed E-state index contributed by atoms with van der Waals surface area (Å²) in [5.74, 6) is -1.20. The van der Waals surface area contributed by atoms with Crippen molar-refractivity contribution in [3.8, 4) is 5.75 Å². The molecule has 0 saturated carbocycles. The number of aromatic hydroxyl groups is 1. The average molecular weight is 444 g/mol. The van der Waals surface area contributed by atoms with Crippen molar-refractivity contribution in [1.29, 1.82) is 0 Å². The van der Waals surface area contributed by atoms with Gasteiger partial charge in [0.2, 0.25) is 5.43 Å². The molecule has 1 atom stereocenters. The molecule has 6 rings (SSSR count). The minimum Gasteiger partial charge on any atom is -0.503 e. The Balaban J connectivity index is 1.70. The molecule has 0 radical (unpaired) electrons. The SMILES string of the molecule is CC1(C)CN(C2c3ccc(F)cc3Cn3ncc4cccc2c43)n2ccc(=O)c(O)c2C1=O. The van der Waals surface area contributed by atoms with Crippen LogP contribution in [-0.2, 0) is 6.54 Å². The number of carbonyl (C=O) groups is 1. The van der Waals surface area contributed by atoms with Crippen molar-refractivity contribution in [1.82, 2.24) is 14.5 Å². The Labute approximate surface area is 188 Å². The summed E-state index contributed by atoms with van der Waals surface area (Å²) < 4.78 is 17.7. The van der Waals surface area contributed by atoms with E-state index in [9.17, 15) is 19.1 Å². The van der Waals surface area contributed by atoms with Gasteiger partial charge in [-0.25, -0.2) is 4.39 Å². The van der Waals surface area contributed by atoms with Crippen LogP contribution in [0.2, 0.25) is 0 Å². The molecule has 4 heterocycles. The highest BCUT2D eigenvalue weighted by Crippen LogP contribution is 2.42. The first-order chi connectivity index (χ1) is 15.8. The van der Waals surface area contributed by atoms with Gasteiger partial charge in [-0.05, 0) is 23.3 Å². The number of para-hydroxylation sites is 1. The molecule has 166 valence electrons. The molecule has 2 aromatic carbocycles. The van der Waals surface area contributed by atoms with Crippen molar-refractivity contribution in [3.63, 3.8) is 0 Å². The third kappa shape index (κ3) is 2.70. The van der Waals surface area contributed by atoms with Crippen LogP contribution in [0.3, 0.4) is 0 Å². The van der Waals surface area contributed by atoms with Gasteiger partial charge >= 0.3 is 0 Å². The van der Waals surface area contributed by atoms with Crippen molar-refractivity contribution in [2.24, 2.45) is 5.41 Å². The van der Waals surface area contributed by atoms with Crippen molar-refractivity contribution < 1.29 is 14.3 Å². The zero-order chi connectivity index (χ0) is 23.1. The van der Waals surface area contributed by atoms with E-state index >= 15 is 0 Å². The number of rotatable bonds is 1. The number of fused-ring (bicyclic) bond motifs is 2.